The maximum atomic E-state index is 13.2. The van der Waals surface area contributed by atoms with Crippen molar-refractivity contribution in [1.82, 2.24) is 0 Å². The van der Waals surface area contributed by atoms with Gasteiger partial charge in [0.25, 0.3) is 0 Å². The second-order valence-electron chi connectivity index (χ2n) is 4.72. The first-order valence-electron chi connectivity index (χ1n) is 6.58. The van der Waals surface area contributed by atoms with Gasteiger partial charge >= 0.3 is 6.18 Å². The van der Waals surface area contributed by atoms with Crippen LogP contribution in [0.3, 0.4) is 0 Å². The first-order valence-corrected chi connectivity index (χ1v) is 6.58. The summed E-state index contributed by atoms with van der Waals surface area (Å²) in [4.78, 5) is 0. The number of hydrogen-bond donors (Lipinski definition) is 1. The van der Waals surface area contributed by atoms with E-state index in [1.807, 2.05) is 31.2 Å². The lowest BCUT2D eigenvalue weighted by Crippen LogP contribution is -2.09. The minimum absolute atomic E-state index is 0.239. The maximum Gasteiger partial charge on any atom is 0.419 e. The molecule has 0 aliphatic carbocycles. The summed E-state index contributed by atoms with van der Waals surface area (Å²) in [6.45, 7) is 2.43. The van der Waals surface area contributed by atoms with Gasteiger partial charge in [-0.15, -0.1) is 0 Å². The number of alkyl halides is 3. The molecule has 0 aliphatic heterocycles. The third-order valence-electron chi connectivity index (χ3n) is 3.20. The average Bonchev–Trinajstić information content (AvgIpc) is 2.45. The Hall–Kier alpha value is -2.04. The lowest BCUT2D eigenvalue weighted by molar-refractivity contribution is -0.139. The van der Waals surface area contributed by atoms with Crippen LogP contribution in [-0.2, 0) is 19.1 Å². The van der Waals surface area contributed by atoms with Crippen LogP contribution in [0.4, 0.5) is 23.2 Å². The molecule has 21 heavy (non-hydrogen) atoms. The summed E-state index contributed by atoms with van der Waals surface area (Å²) < 4.78 is 51.0. The van der Waals surface area contributed by atoms with Crippen molar-refractivity contribution in [2.24, 2.45) is 0 Å². The van der Waals surface area contributed by atoms with Crippen LogP contribution < -0.4 is 5.32 Å². The van der Waals surface area contributed by atoms with E-state index in [1.54, 1.807) is 0 Å². The van der Waals surface area contributed by atoms with Crippen LogP contribution in [0.5, 0.6) is 0 Å². The van der Waals surface area contributed by atoms with Crippen molar-refractivity contribution in [2.75, 3.05) is 5.32 Å². The van der Waals surface area contributed by atoms with Crippen LogP contribution in [0.1, 0.15) is 23.6 Å². The third kappa shape index (κ3) is 3.97. The molecule has 0 spiro atoms. The molecule has 0 bridgehead atoms. The largest absolute Gasteiger partial charge is 0.419 e. The molecule has 0 fully saturated rings. The van der Waals surface area contributed by atoms with Crippen molar-refractivity contribution in [3.05, 3.63) is 65.0 Å². The quantitative estimate of drug-likeness (QED) is 0.781. The van der Waals surface area contributed by atoms with Crippen LogP contribution in [0.15, 0.2) is 42.5 Å². The fourth-order valence-electron chi connectivity index (χ4n) is 1.95. The van der Waals surface area contributed by atoms with E-state index in [0.29, 0.717) is 6.54 Å². The zero-order chi connectivity index (χ0) is 15.5. The van der Waals surface area contributed by atoms with Crippen molar-refractivity contribution in [1.29, 1.82) is 0 Å². The van der Waals surface area contributed by atoms with Crippen LogP contribution in [0.2, 0.25) is 0 Å². The Bertz CT molecular complexity index is 603. The molecular formula is C16H15F4N. The number of anilines is 1. The molecule has 0 aliphatic rings. The Morgan fingerprint density at radius 1 is 0.952 bits per heavy atom. The van der Waals surface area contributed by atoms with Gasteiger partial charge in [-0.2, -0.15) is 13.2 Å². The van der Waals surface area contributed by atoms with Gasteiger partial charge in [-0.25, -0.2) is 4.39 Å². The van der Waals surface area contributed by atoms with Gasteiger partial charge in [-0.3, -0.25) is 0 Å². The zero-order valence-electron chi connectivity index (χ0n) is 11.5. The Morgan fingerprint density at radius 3 is 2.14 bits per heavy atom. The van der Waals surface area contributed by atoms with Gasteiger partial charge in [0.1, 0.15) is 5.82 Å². The van der Waals surface area contributed by atoms with Crippen molar-refractivity contribution in [2.45, 2.75) is 26.1 Å². The molecule has 112 valence electrons. The van der Waals surface area contributed by atoms with E-state index in [9.17, 15) is 17.6 Å². The van der Waals surface area contributed by atoms with Crippen LogP contribution >= 0.6 is 0 Å². The van der Waals surface area contributed by atoms with Crippen molar-refractivity contribution < 1.29 is 17.6 Å². The molecule has 2 rings (SSSR count). The van der Waals surface area contributed by atoms with Gasteiger partial charge in [0, 0.05) is 12.2 Å². The number of benzene rings is 2. The van der Waals surface area contributed by atoms with Crippen molar-refractivity contribution in [3.63, 3.8) is 0 Å². The van der Waals surface area contributed by atoms with E-state index in [1.165, 1.54) is 11.6 Å². The van der Waals surface area contributed by atoms with E-state index in [0.717, 1.165) is 24.1 Å². The number of nitrogens with one attached hydrogen (secondary N) is 1. The standard InChI is InChI=1S/C16H15F4N/c1-2-11-3-5-12(6-4-11)10-21-13-7-8-15(17)14(9-13)16(18,19)20/h3-9,21H,2,10H2,1H3. The Labute approximate surface area is 120 Å². The summed E-state index contributed by atoms with van der Waals surface area (Å²) in [6.07, 6.45) is -3.76. The fourth-order valence-corrected chi connectivity index (χ4v) is 1.95. The summed E-state index contributed by atoms with van der Waals surface area (Å²) in [5.74, 6) is -1.26. The van der Waals surface area contributed by atoms with Gasteiger partial charge in [0.2, 0.25) is 0 Å². The first-order chi connectivity index (χ1) is 9.90. The topological polar surface area (TPSA) is 12.0 Å². The maximum absolute atomic E-state index is 13.2. The van der Waals surface area contributed by atoms with E-state index in [-0.39, 0.29) is 5.69 Å². The van der Waals surface area contributed by atoms with Crippen LogP contribution in [-0.4, -0.2) is 0 Å². The van der Waals surface area contributed by atoms with Crippen LogP contribution in [0.25, 0.3) is 0 Å². The summed E-state index contributed by atoms with van der Waals surface area (Å²) in [7, 11) is 0. The predicted octanol–water partition coefficient (Wildman–Crippen LogP) is 5.02. The molecule has 0 saturated heterocycles. The van der Waals surface area contributed by atoms with Gasteiger partial charge in [-0.1, -0.05) is 31.2 Å². The molecule has 0 amide bonds. The van der Waals surface area contributed by atoms with Crippen molar-refractivity contribution >= 4 is 5.69 Å². The smallest absolute Gasteiger partial charge is 0.381 e. The van der Waals surface area contributed by atoms with E-state index in [2.05, 4.69) is 5.32 Å². The zero-order valence-corrected chi connectivity index (χ0v) is 11.5. The number of rotatable bonds is 4. The molecule has 0 atom stereocenters. The normalized spacial score (nSPS) is 11.5. The highest BCUT2D eigenvalue weighted by molar-refractivity contribution is 5.47. The molecule has 0 radical (unpaired) electrons. The molecule has 0 saturated carbocycles. The Kier molecular flexibility index (Phi) is 4.50. The fraction of sp³-hybridized carbons (Fsp3) is 0.250. The molecule has 2 aromatic carbocycles. The Balaban J connectivity index is 2.09. The average molecular weight is 297 g/mol. The summed E-state index contributed by atoms with van der Waals surface area (Å²) in [5, 5.41) is 2.87. The SMILES string of the molecule is CCc1ccc(CNc2ccc(F)c(C(F)(F)F)c2)cc1. The molecule has 0 unspecified atom stereocenters. The Morgan fingerprint density at radius 2 is 1.57 bits per heavy atom. The highest BCUT2D eigenvalue weighted by atomic mass is 19.4. The van der Waals surface area contributed by atoms with E-state index >= 15 is 0 Å². The highest BCUT2D eigenvalue weighted by Gasteiger charge is 2.34. The van der Waals surface area contributed by atoms with Gasteiger partial charge in [-0.05, 0) is 35.7 Å². The monoisotopic (exact) mass is 297 g/mol. The number of hydrogen-bond acceptors (Lipinski definition) is 1. The molecule has 2 aromatic rings. The highest BCUT2D eigenvalue weighted by Crippen LogP contribution is 2.33. The second kappa shape index (κ2) is 6.16. The lowest BCUT2D eigenvalue weighted by atomic mass is 10.1. The summed E-state index contributed by atoms with van der Waals surface area (Å²) >= 11 is 0. The lowest BCUT2D eigenvalue weighted by Gasteiger charge is -2.12. The van der Waals surface area contributed by atoms with Gasteiger partial charge < -0.3 is 5.32 Å². The minimum Gasteiger partial charge on any atom is -0.381 e. The molecule has 1 N–H and O–H groups in total. The first kappa shape index (κ1) is 15.4. The molecule has 5 heteroatoms. The second-order valence-corrected chi connectivity index (χ2v) is 4.72. The third-order valence-corrected chi connectivity index (χ3v) is 3.20. The van der Waals surface area contributed by atoms with Gasteiger partial charge in [0.05, 0.1) is 5.56 Å². The predicted molar refractivity (Wildman–Crippen MR) is 74.5 cm³/mol. The molecular weight excluding hydrogens is 282 g/mol. The van der Waals surface area contributed by atoms with E-state index < -0.39 is 17.6 Å². The molecule has 0 aromatic heterocycles. The minimum atomic E-state index is -4.69. The van der Waals surface area contributed by atoms with E-state index in [4.69, 9.17) is 0 Å². The number of halogens is 4. The molecule has 1 nitrogen and oxygen atoms in total. The summed E-state index contributed by atoms with van der Waals surface area (Å²) in [5.41, 5.74) is 1.13. The number of aryl methyl sites for hydroxylation is 1. The van der Waals surface area contributed by atoms with Crippen molar-refractivity contribution in [3.8, 4) is 0 Å². The summed E-state index contributed by atoms with van der Waals surface area (Å²) in [6, 6.07) is 10.7. The van der Waals surface area contributed by atoms with Crippen LogP contribution in [0, 0.1) is 5.82 Å². The molecule has 0 heterocycles. The van der Waals surface area contributed by atoms with Gasteiger partial charge in [0.15, 0.2) is 0 Å².